The molecule has 0 aliphatic rings. The zero-order chi connectivity index (χ0) is 11.0. The van der Waals surface area contributed by atoms with Gasteiger partial charge in [0.05, 0.1) is 21.3 Å². The molecule has 0 aliphatic heterocycles. The van der Waals surface area contributed by atoms with Gasteiger partial charge in [0, 0.05) is 18.8 Å². The van der Waals surface area contributed by atoms with Crippen molar-refractivity contribution in [1.29, 1.82) is 0 Å². The molecule has 2 rings (SSSR count). The molecule has 0 atom stereocenters. The maximum absolute atomic E-state index is 5.91. The van der Waals surface area contributed by atoms with Crippen molar-refractivity contribution in [2.45, 2.75) is 12.8 Å². The lowest BCUT2D eigenvalue weighted by molar-refractivity contribution is 0.692. The third kappa shape index (κ3) is 1.90. The van der Waals surface area contributed by atoms with Gasteiger partial charge in [-0.3, -0.25) is 4.68 Å². The number of halogens is 2. The minimum absolute atomic E-state index is 0.450. The Morgan fingerprint density at radius 3 is 2.80 bits per heavy atom. The van der Waals surface area contributed by atoms with Crippen molar-refractivity contribution < 1.29 is 0 Å². The molecular weight excluding hydrogens is 326 g/mol. The lowest BCUT2D eigenvalue weighted by Crippen LogP contribution is -2.05. The number of aromatic nitrogens is 4. The van der Waals surface area contributed by atoms with E-state index in [4.69, 9.17) is 11.6 Å². The molecule has 0 spiro atoms. The molecule has 2 aromatic rings. The minimum Gasteiger partial charge on any atom is -0.250 e. The zero-order valence-corrected chi connectivity index (χ0v) is 11.3. The van der Waals surface area contributed by atoms with Crippen LogP contribution >= 0.6 is 34.2 Å². The van der Waals surface area contributed by atoms with Crippen molar-refractivity contribution in [3.8, 4) is 5.82 Å². The molecule has 15 heavy (non-hydrogen) atoms. The SMILES string of the molecule is Cc1nn(C)c(-n2cc(I)cn2)c1CCl. The molecule has 0 aliphatic carbocycles. The van der Waals surface area contributed by atoms with Crippen LogP contribution in [0.15, 0.2) is 12.4 Å². The van der Waals surface area contributed by atoms with Crippen LogP contribution in [0.25, 0.3) is 5.82 Å². The van der Waals surface area contributed by atoms with Gasteiger partial charge in [-0.15, -0.1) is 11.6 Å². The van der Waals surface area contributed by atoms with E-state index in [9.17, 15) is 0 Å². The largest absolute Gasteiger partial charge is 0.250 e. The first-order chi connectivity index (χ1) is 7.13. The summed E-state index contributed by atoms with van der Waals surface area (Å²) in [5.74, 6) is 1.39. The summed E-state index contributed by atoms with van der Waals surface area (Å²) in [5.41, 5.74) is 1.98. The third-order valence-corrected chi connectivity index (χ3v) is 3.04. The van der Waals surface area contributed by atoms with E-state index in [0.717, 1.165) is 20.6 Å². The van der Waals surface area contributed by atoms with E-state index in [2.05, 4.69) is 32.8 Å². The van der Waals surface area contributed by atoms with E-state index in [1.165, 1.54) is 0 Å². The number of rotatable bonds is 2. The van der Waals surface area contributed by atoms with Gasteiger partial charge in [-0.1, -0.05) is 0 Å². The third-order valence-electron chi connectivity index (χ3n) is 2.21. The number of aryl methyl sites for hydroxylation is 2. The van der Waals surface area contributed by atoms with E-state index in [1.807, 2.05) is 20.2 Å². The fourth-order valence-corrected chi connectivity index (χ4v) is 2.25. The van der Waals surface area contributed by atoms with E-state index in [1.54, 1.807) is 15.6 Å². The summed E-state index contributed by atoms with van der Waals surface area (Å²) in [6.45, 7) is 1.95. The number of nitrogens with zero attached hydrogens (tertiary/aromatic N) is 4. The van der Waals surface area contributed by atoms with Gasteiger partial charge in [-0.25, -0.2) is 4.68 Å². The van der Waals surface area contributed by atoms with Gasteiger partial charge in [0.2, 0.25) is 0 Å². The maximum atomic E-state index is 5.91. The lowest BCUT2D eigenvalue weighted by Gasteiger charge is -2.03. The summed E-state index contributed by atoms with van der Waals surface area (Å²) in [6.07, 6.45) is 3.76. The van der Waals surface area contributed by atoms with E-state index in [-0.39, 0.29) is 0 Å². The smallest absolute Gasteiger partial charge is 0.156 e. The normalized spacial score (nSPS) is 10.9. The zero-order valence-electron chi connectivity index (χ0n) is 8.41. The Morgan fingerprint density at radius 1 is 1.53 bits per heavy atom. The van der Waals surface area contributed by atoms with Crippen molar-refractivity contribution in [3.05, 3.63) is 27.2 Å². The van der Waals surface area contributed by atoms with Crippen LogP contribution in [0.3, 0.4) is 0 Å². The molecule has 6 heteroatoms. The molecule has 2 heterocycles. The van der Waals surface area contributed by atoms with Crippen molar-refractivity contribution in [1.82, 2.24) is 19.6 Å². The fourth-order valence-electron chi connectivity index (χ4n) is 1.55. The van der Waals surface area contributed by atoms with Crippen LogP contribution in [-0.4, -0.2) is 19.6 Å². The predicted octanol–water partition coefficient (Wildman–Crippen LogP) is 2.26. The molecule has 0 bridgehead atoms. The van der Waals surface area contributed by atoms with Crippen LogP contribution in [0.1, 0.15) is 11.3 Å². The molecule has 4 nitrogen and oxygen atoms in total. The Hall–Kier alpha value is -0.560. The first kappa shape index (κ1) is 10.9. The van der Waals surface area contributed by atoms with Crippen molar-refractivity contribution in [2.24, 2.45) is 7.05 Å². The summed E-state index contributed by atoms with van der Waals surface area (Å²) in [5, 5.41) is 8.59. The molecular formula is C9H10ClIN4. The molecule has 80 valence electrons. The molecule has 0 N–H and O–H groups in total. The summed E-state index contributed by atoms with van der Waals surface area (Å²) >= 11 is 8.13. The van der Waals surface area contributed by atoms with Crippen molar-refractivity contribution in [3.63, 3.8) is 0 Å². The summed E-state index contributed by atoms with van der Waals surface area (Å²) < 4.78 is 4.70. The average Bonchev–Trinajstić information content (AvgIpc) is 2.70. The Bertz CT molecular complexity index is 488. The Labute approximate surface area is 106 Å². The standard InChI is InChI=1S/C9H10ClIN4/c1-6-8(3-10)9(14(2)13-6)15-5-7(11)4-12-15/h4-5H,3H2,1-2H3. The van der Waals surface area contributed by atoms with E-state index < -0.39 is 0 Å². The number of hydrogen-bond donors (Lipinski definition) is 0. The Kier molecular flexibility index (Phi) is 3.01. The summed E-state index contributed by atoms with van der Waals surface area (Å²) in [7, 11) is 1.90. The lowest BCUT2D eigenvalue weighted by atomic mass is 10.3. The van der Waals surface area contributed by atoms with Crippen LogP contribution in [0.2, 0.25) is 0 Å². The summed E-state index contributed by atoms with van der Waals surface area (Å²) in [6, 6.07) is 0. The van der Waals surface area contributed by atoms with Crippen LogP contribution in [-0.2, 0) is 12.9 Å². The monoisotopic (exact) mass is 336 g/mol. The van der Waals surface area contributed by atoms with Gasteiger partial charge in [0.1, 0.15) is 0 Å². The first-order valence-electron chi connectivity index (χ1n) is 4.42. The highest BCUT2D eigenvalue weighted by Gasteiger charge is 2.14. The molecule has 2 aromatic heterocycles. The maximum Gasteiger partial charge on any atom is 0.156 e. The second-order valence-corrected chi connectivity index (χ2v) is 4.76. The van der Waals surface area contributed by atoms with Crippen LogP contribution < -0.4 is 0 Å². The van der Waals surface area contributed by atoms with Crippen LogP contribution in [0.4, 0.5) is 0 Å². The average molecular weight is 337 g/mol. The number of alkyl halides is 1. The van der Waals surface area contributed by atoms with Crippen molar-refractivity contribution >= 4 is 34.2 Å². The van der Waals surface area contributed by atoms with Crippen LogP contribution in [0.5, 0.6) is 0 Å². The van der Waals surface area contributed by atoms with Gasteiger partial charge in [-0.05, 0) is 29.5 Å². The second-order valence-electron chi connectivity index (χ2n) is 3.25. The van der Waals surface area contributed by atoms with Gasteiger partial charge in [0.15, 0.2) is 5.82 Å². The molecule has 0 saturated carbocycles. The van der Waals surface area contributed by atoms with Gasteiger partial charge in [0.25, 0.3) is 0 Å². The second kappa shape index (κ2) is 4.13. The summed E-state index contributed by atoms with van der Waals surface area (Å²) in [4.78, 5) is 0. The van der Waals surface area contributed by atoms with E-state index >= 15 is 0 Å². The van der Waals surface area contributed by atoms with Gasteiger partial charge < -0.3 is 0 Å². The van der Waals surface area contributed by atoms with Gasteiger partial charge >= 0.3 is 0 Å². The van der Waals surface area contributed by atoms with E-state index in [0.29, 0.717) is 5.88 Å². The predicted molar refractivity (Wildman–Crippen MR) is 67.3 cm³/mol. The molecule has 0 amide bonds. The highest BCUT2D eigenvalue weighted by Crippen LogP contribution is 2.19. The highest BCUT2D eigenvalue weighted by atomic mass is 127. The van der Waals surface area contributed by atoms with Gasteiger partial charge in [-0.2, -0.15) is 10.2 Å². The molecule has 0 radical (unpaired) electrons. The minimum atomic E-state index is 0.450. The van der Waals surface area contributed by atoms with Crippen molar-refractivity contribution in [2.75, 3.05) is 0 Å². The molecule has 0 saturated heterocycles. The molecule has 0 aromatic carbocycles. The first-order valence-corrected chi connectivity index (χ1v) is 6.03. The Morgan fingerprint density at radius 2 is 2.27 bits per heavy atom. The quantitative estimate of drug-likeness (QED) is 0.623. The fraction of sp³-hybridized carbons (Fsp3) is 0.333. The molecule has 0 fully saturated rings. The topological polar surface area (TPSA) is 35.6 Å². The van der Waals surface area contributed by atoms with Crippen LogP contribution in [0, 0.1) is 10.5 Å². The Balaban J connectivity index is 2.61. The highest BCUT2D eigenvalue weighted by molar-refractivity contribution is 14.1. The molecule has 0 unspecified atom stereocenters. The number of hydrogen-bond acceptors (Lipinski definition) is 2.